The van der Waals surface area contributed by atoms with Gasteiger partial charge < -0.3 is 10.8 Å². The van der Waals surface area contributed by atoms with Crippen molar-refractivity contribution in [3.8, 4) is 0 Å². The molecule has 118 valence electrons. The van der Waals surface area contributed by atoms with Gasteiger partial charge in [0.1, 0.15) is 0 Å². The van der Waals surface area contributed by atoms with Gasteiger partial charge in [0.25, 0.3) is 5.91 Å². The average Bonchev–Trinajstić information content (AvgIpc) is 2.85. The molecule has 0 bridgehead atoms. The Balaban J connectivity index is 2.00. The predicted molar refractivity (Wildman–Crippen MR) is 93.5 cm³/mol. The zero-order valence-electron chi connectivity index (χ0n) is 12.9. The lowest BCUT2D eigenvalue weighted by Crippen LogP contribution is -2.45. The highest BCUT2D eigenvalue weighted by Crippen LogP contribution is 2.44. The SMILES string of the molecule is Nc1cccc(N2C(=O)c3ccccc3C2(O)c2ccccc2)c1. The van der Waals surface area contributed by atoms with Crippen LogP contribution in [0, 0.1) is 0 Å². The van der Waals surface area contributed by atoms with Crippen LogP contribution in [0.25, 0.3) is 0 Å². The molecule has 0 fully saturated rings. The molecule has 1 heterocycles. The molecule has 1 aliphatic rings. The second-order valence-electron chi connectivity index (χ2n) is 5.82. The van der Waals surface area contributed by atoms with Gasteiger partial charge in [0.2, 0.25) is 0 Å². The van der Waals surface area contributed by atoms with Crippen molar-refractivity contribution in [2.45, 2.75) is 5.72 Å². The zero-order chi connectivity index (χ0) is 16.7. The number of amides is 1. The third-order valence-corrected chi connectivity index (χ3v) is 4.36. The number of fused-ring (bicyclic) bond motifs is 1. The van der Waals surface area contributed by atoms with Crippen molar-refractivity contribution in [2.24, 2.45) is 0 Å². The van der Waals surface area contributed by atoms with Gasteiger partial charge in [-0.25, -0.2) is 0 Å². The average molecular weight is 316 g/mol. The van der Waals surface area contributed by atoms with Gasteiger partial charge >= 0.3 is 0 Å². The summed E-state index contributed by atoms with van der Waals surface area (Å²) in [6, 6.07) is 23.3. The van der Waals surface area contributed by atoms with E-state index in [1.807, 2.05) is 36.4 Å². The van der Waals surface area contributed by atoms with Gasteiger partial charge in [-0.3, -0.25) is 9.69 Å². The summed E-state index contributed by atoms with van der Waals surface area (Å²) in [4.78, 5) is 14.4. The van der Waals surface area contributed by atoms with Gasteiger partial charge in [-0.2, -0.15) is 0 Å². The van der Waals surface area contributed by atoms with Crippen molar-refractivity contribution >= 4 is 17.3 Å². The maximum absolute atomic E-state index is 13.0. The molecule has 0 spiro atoms. The normalized spacial score (nSPS) is 19.4. The lowest BCUT2D eigenvalue weighted by Gasteiger charge is -2.35. The molecule has 3 aromatic rings. The number of hydrogen-bond donors (Lipinski definition) is 2. The first-order valence-electron chi connectivity index (χ1n) is 7.70. The van der Waals surface area contributed by atoms with E-state index < -0.39 is 5.72 Å². The molecule has 4 rings (SSSR count). The number of rotatable bonds is 2. The smallest absolute Gasteiger partial charge is 0.261 e. The Labute approximate surface area is 139 Å². The van der Waals surface area contributed by atoms with E-state index in [1.165, 1.54) is 4.90 Å². The van der Waals surface area contributed by atoms with Crippen LogP contribution in [-0.4, -0.2) is 11.0 Å². The van der Waals surface area contributed by atoms with Crippen molar-refractivity contribution in [2.75, 3.05) is 10.6 Å². The summed E-state index contributed by atoms with van der Waals surface area (Å²) in [5, 5.41) is 11.7. The fourth-order valence-electron chi connectivity index (χ4n) is 3.28. The van der Waals surface area contributed by atoms with Gasteiger partial charge in [0.05, 0.1) is 0 Å². The van der Waals surface area contributed by atoms with Crippen molar-refractivity contribution in [3.63, 3.8) is 0 Å². The molecule has 24 heavy (non-hydrogen) atoms. The Hall–Kier alpha value is -3.11. The van der Waals surface area contributed by atoms with E-state index in [2.05, 4.69) is 0 Å². The summed E-state index contributed by atoms with van der Waals surface area (Å²) in [7, 11) is 0. The number of benzene rings is 3. The van der Waals surface area contributed by atoms with Crippen LogP contribution in [0.2, 0.25) is 0 Å². The third-order valence-electron chi connectivity index (χ3n) is 4.36. The van der Waals surface area contributed by atoms with E-state index in [0.717, 1.165) is 0 Å². The molecule has 3 N–H and O–H groups in total. The van der Waals surface area contributed by atoms with E-state index in [9.17, 15) is 9.90 Å². The standard InChI is InChI=1S/C20H16N2O2/c21-15-9-6-10-16(13-15)22-19(23)17-11-4-5-12-18(17)20(22,24)14-7-2-1-3-8-14/h1-13,24H,21H2. The maximum Gasteiger partial charge on any atom is 0.261 e. The molecule has 4 heteroatoms. The Morgan fingerprint density at radius 2 is 1.58 bits per heavy atom. The van der Waals surface area contributed by atoms with Crippen molar-refractivity contribution in [3.05, 3.63) is 95.6 Å². The summed E-state index contributed by atoms with van der Waals surface area (Å²) in [6.07, 6.45) is 0. The summed E-state index contributed by atoms with van der Waals surface area (Å²) >= 11 is 0. The van der Waals surface area contributed by atoms with Crippen molar-refractivity contribution in [1.82, 2.24) is 0 Å². The molecule has 0 saturated heterocycles. The molecule has 0 aliphatic carbocycles. The van der Waals surface area contributed by atoms with Crippen LogP contribution < -0.4 is 10.6 Å². The minimum atomic E-state index is -1.57. The quantitative estimate of drug-likeness (QED) is 0.714. The minimum absolute atomic E-state index is 0.248. The molecule has 4 nitrogen and oxygen atoms in total. The van der Waals surface area contributed by atoms with Crippen LogP contribution in [0.3, 0.4) is 0 Å². The largest absolute Gasteiger partial charge is 0.399 e. The van der Waals surface area contributed by atoms with Crippen LogP contribution in [0.15, 0.2) is 78.9 Å². The first-order valence-corrected chi connectivity index (χ1v) is 7.70. The van der Waals surface area contributed by atoms with Crippen LogP contribution in [0.4, 0.5) is 11.4 Å². The number of aliphatic hydroxyl groups is 1. The molecule has 1 atom stereocenters. The maximum atomic E-state index is 13.0. The van der Waals surface area contributed by atoms with Crippen LogP contribution in [0.5, 0.6) is 0 Å². The highest BCUT2D eigenvalue weighted by Gasteiger charge is 2.50. The van der Waals surface area contributed by atoms with Gasteiger partial charge in [0, 0.05) is 28.1 Å². The first kappa shape index (κ1) is 14.5. The van der Waals surface area contributed by atoms with E-state index in [4.69, 9.17) is 5.73 Å². The minimum Gasteiger partial charge on any atom is -0.399 e. The summed E-state index contributed by atoms with van der Waals surface area (Å²) < 4.78 is 0. The van der Waals surface area contributed by atoms with Gasteiger partial charge in [-0.15, -0.1) is 0 Å². The number of anilines is 2. The monoisotopic (exact) mass is 316 g/mol. The number of nitrogens with zero attached hydrogens (tertiary/aromatic N) is 1. The lowest BCUT2D eigenvalue weighted by atomic mass is 9.93. The molecule has 1 amide bonds. The van der Waals surface area contributed by atoms with Gasteiger partial charge in [-0.05, 0) is 24.3 Å². The Morgan fingerprint density at radius 3 is 2.33 bits per heavy atom. The molecular formula is C20H16N2O2. The highest BCUT2D eigenvalue weighted by atomic mass is 16.3. The van der Waals surface area contributed by atoms with Crippen molar-refractivity contribution in [1.29, 1.82) is 0 Å². The second kappa shape index (κ2) is 5.22. The zero-order valence-corrected chi connectivity index (χ0v) is 12.9. The molecule has 0 saturated carbocycles. The van der Waals surface area contributed by atoms with Crippen LogP contribution in [-0.2, 0) is 5.72 Å². The topological polar surface area (TPSA) is 66.6 Å². The number of hydrogen-bond acceptors (Lipinski definition) is 3. The van der Waals surface area contributed by atoms with Crippen molar-refractivity contribution < 1.29 is 9.90 Å². The van der Waals surface area contributed by atoms with Gasteiger partial charge in [-0.1, -0.05) is 54.6 Å². The second-order valence-corrected chi connectivity index (χ2v) is 5.82. The molecule has 1 unspecified atom stereocenters. The molecule has 0 radical (unpaired) electrons. The Bertz CT molecular complexity index is 924. The van der Waals surface area contributed by atoms with E-state index in [-0.39, 0.29) is 5.91 Å². The third kappa shape index (κ3) is 1.94. The number of carbonyl (C=O) groups is 1. The van der Waals surface area contributed by atoms with E-state index in [1.54, 1.807) is 42.5 Å². The fourth-order valence-corrected chi connectivity index (χ4v) is 3.28. The fraction of sp³-hybridized carbons (Fsp3) is 0.0500. The summed E-state index contributed by atoms with van der Waals surface area (Å²) in [5.41, 5.74) is 7.10. The Morgan fingerprint density at radius 1 is 0.875 bits per heavy atom. The number of carbonyl (C=O) groups excluding carboxylic acids is 1. The van der Waals surface area contributed by atoms with E-state index in [0.29, 0.717) is 28.1 Å². The van der Waals surface area contributed by atoms with Crippen LogP contribution in [0.1, 0.15) is 21.5 Å². The number of nitrogen functional groups attached to an aromatic ring is 1. The predicted octanol–water partition coefficient (Wildman–Crippen LogP) is 3.12. The van der Waals surface area contributed by atoms with E-state index >= 15 is 0 Å². The summed E-state index contributed by atoms with van der Waals surface area (Å²) in [5.74, 6) is -0.248. The van der Waals surface area contributed by atoms with Gasteiger partial charge in [0.15, 0.2) is 5.72 Å². The molecule has 0 aromatic heterocycles. The Kier molecular flexibility index (Phi) is 3.15. The first-order chi connectivity index (χ1) is 11.6. The molecule has 1 aliphatic heterocycles. The summed E-state index contributed by atoms with van der Waals surface area (Å²) in [6.45, 7) is 0. The lowest BCUT2D eigenvalue weighted by molar-refractivity contribution is 0.0703. The molecular weight excluding hydrogens is 300 g/mol. The molecule has 3 aromatic carbocycles. The van der Waals surface area contributed by atoms with Crippen LogP contribution >= 0.6 is 0 Å². The highest BCUT2D eigenvalue weighted by molar-refractivity contribution is 6.12. The number of nitrogens with two attached hydrogens (primary N) is 1.